The minimum atomic E-state index is -3.33. The maximum atomic E-state index is 11.4. The summed E-state index contributed by atoms with van der Waals surface area (Å²) in [7, 11) is -3.33. The first kappa shape index (κ1) is 13.4. The van der Waals surface area contributed by atoms with Crippen molar-refractivity contribution in [3.63, 3.8) is 0 Å². The molecule has 0 bridgehead atoms. The van der Waals surface area contributed by atoms with Gasteiger partial charge in [-0.25, -0.2) is 8.42 Å². The molecule has 1 heterocycles. The summed E-state index contributed by atoms with van der Waals surface area (Å²) in [5.41, 5.74) is 0.725. The highest BCUT2D eigenvalue weighted by Crippen LogP contribution is 2.09. The number of aliphatic carboxylic acids is 1. The van der Waals surface area contributed by atoms with Gasteiger partial charge < -0.3 is 5.11 Å². The van der Waals surface area contributed by atoms with E-state index in [9.17, 15) is 13.2 Å². The summed E-state index contributed by atoms with van der Waals surface area (Å²) >= 11 is 0. The second kappa shape index (κ2) is 5.62. The molecule has 1 aromatic rings. The zero-order chi connectivity index (χ0) is 12.9. The number of carboxylic acids is 1. The molecule has 0 saturated carbocycles. The van der Waals surface area contributed by atoms with Gasteiger partial charge >= 0.3 is 5.97 Å². The van der Waals surface area contributed by atoms with Crippen LogP contribution in [0.3, 0.4) is 0 Å². The number of carboxylic acid groups (broad SMARTS) is 1. The minimum absolute atomic E-state index is 0.0455. The molecule has 0 amide bonds. The third-order valence-corrected chi connectivity index (χ3v) is 3.40. The molecule has 0 aliphatic heterocycles. The zero-order valence-electron chi connectivity index (χ0n) is 9.38. The van der Waals surface area contributed by atoms with Crippen LogP contribution in [0.4, 0.5) is 5.69 Å². The Bertz CT molecular complexity index is 482. The van der Waals surface area contributed by atoms with Crippen LogP contribution in [-0.4, -0.2) is 30.2 Å². The highest BCUT2D eigenvalue weighted by Gasteiger charge is 2.09. The van der Waals surface area contributed by atoms with Gasteiger partial charge in [-0.05, 0) is 18.6 Å². The fourth-order valence-corrected chi connectivity index (χ4v) is 2.36. The lowest BCUT2D eigenvalue weighted by Crippen LogP contribution is -2.16. The maximum Gasteiger partial charge on any atom is 0.309 e. The van der Waals surface area contributed by atoms with Gasteiger partial charge in [0.25, 0.3) is 0 Å². The molecule has 7 heteroatoms. The number of carbonyl (C=O) groups is 1. The molecular formula is C10H14N2O4S. The Labute approximate surface area is 99.7 Å². The van der Waals surface area contributed by atoms with Crippen LogP contribution in [0.1, 0.15) is 19.0 Å². The third-order valence-electron chi connectivity index (χ3n) is 1.90. The molecule has 1 aromatic heterocycles. The summed E-state index contributed by atoms with van der Waals surface area (Å²) in [6, 6.07) is 2.98. The molecule has 0 unspecified atom stereocenters. The summed E-state index contributed by atoms with van der Waals surface area (Å²) in [5, 5.41) is 8.54. The van der Waals surface area contributed by atoms with Crippen molar-refractivity contribution in [2.45, 2.75) is 19.8 Å². The molecule has 0 saturated heterocycles. The summed E-state index contributed by atoms with van der Waals surface area (Å²) in [5.74, 6) is -0.930. The molecule has 1 rings (SSSR count). The van der Waals surface area contributed by atoms with Crippen LogP contribution in [0.2, 0.25) is 0 Å². The molecular weight excluding hydrogens is 244 g/mol. The molecule has 0 radical (unpaired) electrons. The quantitative estimate of drug-likeness (QED) is 0.788. The van der Waals surface area contributed by atoms with Gasteiger partial charge in [-0.1, -0.05) is 6.92 Å². The maximum absolute atomic E-state index is 11.4. The van der Waals surface area contributed by atoms with Gasteiger partial charge in [-0.15, -0.1) is 0 Å². The van der Waals surface area contributed by atoms with Crippen molar-refractivity contribution in [2.75, 3.05) is 10.5 Å². The van der Waals surface area contributed by atoms with E-state index in [4.69, 9.17) is 5.11 Å². The number of nitrogens with zero attached hydrogens (tertiary/aromatic N) is 1. The van der Waals surface area contributed by atoms with Crippen LogP contribution in [0.25, 0.3) is 0 Å². The average molecular weight is 258 g/mol. The lowest BCUT2D eigenvalue weighted by molar-refractivity contribution is -0.136. The monoisotopic (exact) mass is 258 g/mol. The Balaban J connectivity index is 2.72. The Morgan fingerprint density at radius 3 is 2.65 bits per heavy atom. The fraction of sp³-hybridized carbons (Fsp3) is 0.400. The van der Waals surface area contributed by atoms with E-state index in [1.807, 2.05) is 0 Å². The first-order valence-corrected chi connectivity index (χ1v) is 6.75. The van der Waals surface area contributed by atoms with E-state index in [1.54, 1.807) is 6.92 Å². The molecule has 17 heavy (non-hydrogen) atoms. The third kappa shape index (κ3) is 4.81. The van der Waals surface area contributed by atoms with E-state index in [1.165, 1.54) is 18.3 Å². The topological polar surface area (TPSA) is 96.4 Å². The van der Waals surface area contributed by atoms with Gasteiger partial charge in [0.05, 0.1) is 29.8 Å². The van der Waals surface area contributed by atoms with Gasteiger partial charge in [0, 0.05) is 0 Å². The zero-order valence-corrected chi connectivity index (χ0v) is 10.2. The summed E-state index contributed by atoms with van der Waals surface area (Å²) in [4.78, 5) is 14.3. The standard InChI is InChI=1S/C10H14N2O4S/c1-2-5-17(15,16)12-9-4-3-8(11-7-9)6-10(13)14/h3-4,7,12H,2,5-6H2,1H3,(H,13,14). The second-order valence-electron chi connectivity index (χ2n) is 3.53. The van der Waals surface area contributed by atoms with Crippen molar-refractivity contribution in [1.82, 2.24) is 4.98 Å². The van der Waals surface area contributed by atoms with E-state index < -0.39 is 16.0 Å². The van der Waals surface area contributed by atoms with Crippen molar-refractivity contribution < 1.29 is 18.3 Å². The van der Waals surface area contributed by atoms with Crippen LogP contribution >= 0.6 is 0 Å². The smallest absolute Gasteiger partial charge is 0.309 e. The normalized spacial score (nSPS) is 11.1. The highest BCUT2D eigenvalue weighted by atomic mass is 32.2. The minimum Gasteiger partial charge on any atom is -0.481 e. The van der Waals surface area contributed by atoms with Crippen LogP contribution < -0.4 is 4.72 Å². The number of anilines is 1. The lowest BCUT2D eigenvalue weighted by Gasteiger charge is -2.06. The van der Waals surface area contributed by atoms with E-state index in [2.05, 4.69) is 9.71 Å². The van der Waals surface area contributed by atoms with Crippen molar-refractivity contribution in [2.24, 2.45) is 0 Å². The Kier molecular flexibility index (Phi) is 4.45. The van der Waals surface area contributed by atoms with Crippen molar-refractivity contribution in [1.29, 1.82) is 0 Å². The predicted molar refractivity (Wildman–Crippen MR) is 63.3 cm³/mol. The lowest BCUT2D eigenvalue weighted by atomic mass is 10.3. The number of pyridine rings is 1. The van der Waals surface area contributed by atoms with E-state index in [0.29, 0.717) is 17.8 Å². The number of nitrogens with one attached hydrogen (secondary N) is 1. The Morgan fingerprint density at radius 1 is 1.47 bits per heavy atom. The summed E-state index contributed by atoms with van der Waals surface area (Å²) in [6.45, 7) is 1.77. The average Bonchev–Trinajstić information content (AvgIpc) is 2.19. The molecule has 0 fully saturated rings. The number of sulfonamides is 1. The second-order valence-corrected chi connectivity index (χ2v) is 5.37. The number of hydrogen-bond donors (Lipinski definition) is 2. The van der Waals surface area contributed by atoms with E-state index >= 15 is 0 Å². The molecule has 0 aliphatic rings. The van der Waals surface area contributed by atoms with E-state index in [0.717, 1.165) is 0 Å². The number of aromatic nitrogens is 1. The predicted octanol–water partition coefficient (Wildman–Crippen LogP) is 0.860. The molecule has 2 N–H and O–H groups in total. The molecule has 0 atom stereocenters. The SMILES string of the molecule is CCCS(=O)(=O)Nc1ccc(CC(=O)O)nc1. The first-order valence-electron chi connectivity index (χ1n) is 5.10. The van der Waals surface area contributed by atoms with Crippen LogP contribution in [0.15, 0.2) is 18.3 Å². The van der Waals surface area contributed by atoms with E-state index in [-0.39, 0.29) is 12.2 Å². The molecule has 0 aromatic carbocycles. The van der Waals surface area contributed by atoms with Gasteiger partial charge in [-0.3, -0.25) is 14.5 Å². The summed E-state index contributed by atoms with van der Waals surface area (Å²) in [6.07, 6.45) is 1.66. The summed E-state index contributed by atoms with van der Waals surface area (Å²) < 4.78 is 25.2. The van der Waals surface area contributed by atoms with Crippen LogP contribution in [0.5, 0.6) is 0 Å². The number of hydrogen-bond acceptors (Lipinski definition) is 4. The fourth-order valence-electron chi connectivity index (χ4n) is 1.24. The van der Waals surface area contributed by atoms with Crippen molar-refractivity contribution in [3.05, 3.63) is 24.0 Å². The van der Waals surface area contributed by atoms with Crippen molar-refractivity contribution in [3.8, 4) is 0 Å². The molecule has 0 aliphatic carbocycles. The Hall–Kier alpha value is -1.63. The van der Waals surface area contributed by atoms with Crippen LogP contribution in [0, 0.1) is 0 Å². The van der Waals surface area contributed by atoms with Gasteiger partial charge in [0.2, 0.25) is 10.0 Å². The van der Waals surface area contributed by atoms with Crippen LogP contribution in [-0.2, 0) is 21.2 Å². The largest absolute Gasteiger partial charge is 0.481 e. The Morgan fingerprint density at radius 2 is 2.18 bits per heavy atom. The highest BCUT2D eigenvalue weighted by molar-refractivity contribution is 7.92. The number of rotatable bonds is 6. The van der Waals surface area contributed by atoms with Gasteiger partial charge in [0.15, 0.2) is 0 Å². The molecule has 6 nitrogen and oxygen atoms in total. The van der Waals surface area contributed by atoms with Crippen molar-refractivity contribution >= 4 is 21.7 Å². The molecule has 0 spiro atoms. The van der Waals surface area contributed by atoms with Gasteiger partial charge in [0.1, 0.15) is 0 Å². The first-order chi connectivity index (χ1) is 7.93. The van der Waals surface area contributed by atoms with Gasteiger partial charge in [-0.2, -0.15) is 0 Å². The molecule has 94 valence electrons.